The van der Waals surface area contributed by atoms with Crippen LogP contribution in [0.4, 0.5) is 18.9 Å². The summed E-state index contributed by atoms with van der Waals surface area (Å²) in [5, 5.41) is 8.99. The van der Waals surface area contributed by atoms with Crippen LogP contribution in [-0.4, -0.2) is 42.0 Å². The molecular weight excluding hydrogens is 405 g/mol. The number of anilines is 1. The Labute approximate surface area is 169 Å². The summed E-state index contributed by atoms with van der Waals surface area (Å²) in [7, 11) is 0. The van der Waals surface area contributed by atoms with Crippen molar-refractivity contribution < 1.29 is 37.0 Å². The van der Waals surface area contributed by atoms with Crippen LogP contribution in [0.25, 0.3) is 0 Å². The van der Waals surface area contributed by atoms with Gasteiger partial charge in [0.05, 0.1) is 53.5 Å². The fraction of sp³-hybridized carbons (Fsp3) is 0.550. The van der Waals surface area contributed by atoms with Crippen molar-refractivity contribution in [2.24, 2.45) is 11.8 Å². The zero-order valence-electron chi connectivity index (χ0n) is 16.1. The van der Waals surface area contributed by atoms with Gasteiger partial charge in [0.25, 0.3) is 0 Å². The van der Waals surface area contributed by atoms with E-state index in [-0.39, 0.29) is 12.1 Å². The number of rotatable bonds is 1. The van der Waals surface area contributed by atoms with Gasteiger partial charge in [-0.3, -0.25) is 9.59 Å². The highest BCUT2D eigenvalue weighted by molar-refractivity contribution is 6.23. The molecule has 0 radical (unpaired) electrons. The van der Waals surface area contributed by atoms with Crippen molar-refractivity contribution in [2.75, 3.05) is 18.1 Å². The summed E-state index contributed by atoms with van der Waals surface area (Å²) in [5.74, 6) is -4.27. The average Bonchev–Trinajstić information content (AvgIpc) is 3.35. The summed E-state index contributed by atoms with van der Waals surface area (Å²) < 4.78 is 58.0. The van der Waals surface area contributed by atoms with E-state index < -0.39 is 57.9 Å². The Balaban J connectivity index is 1.60. The molecule has 0 aliphatic carbocycles. The van der Waals surface area contributed by atoms with Crippen LogP contribution in [0.3, 0.4) is 0 Å². The van der Waals surface area contributed by atoms with Gasteiger partial charge < -0.3 is 14.2 Å². The van der Waals surface area contributed by atoms with Crippen LogP contribution in [0.2, 0.25) is 0 Å². The molecule has 1 aromatic carbocycles. The molecule has 2 unspecified atom stereocenters. The highest BCUT2D eigenvalue weighted by Crippen LogP contribution is 2.66. The van der Waals surface area contributed by atoms with Crippen molar-refractivity contribution in [2.45, 2.75) is 43.4 Å². The molecule has 30 heavy (non-hydrogen) atoms. The number of imide groups is 1. The van der Waals surface area contributed by atoms with Gasteiger partial charge in [-0.05, 0) is 32.0 Å². The summed E-state index contributed by atoms with van der Waals surface area (Å²) in [4.78, 5) is 27.4. The molecule has 4 fully saturated rings. The third-order valence-electron chi connectivity index (χ3n) is 6.78. The molecule has 4 saturated heterocycles. The minimum atomic E-state index is -4.81. The molecule has 4 aliphatic rings. The van der Waals surface area contributed by atoms with Crippen LogP contribution < -0.4 is 4.90 Å². The summed E-state index contributed by atoms with van der Waals surface area (Å²) in [6.07, 6.45) is -4.57. The number of nitrogens with zero attached hydrogens (tertiary/aromatic N) is 2. The van der Waals surface area contributed by atoms with E-state index in [0.29, 0.717) is 19.3 Å². The number of halogens is 3. The molecular formula is C20H17F3N2O5. The van der Waals surface area contributed by atoms with Crippen molar-refractivity contribution >= 4 is 17.5 Å². The molecule has 0 N–H and O–H groups in total. The number of carbonyl (C=O) groups excluding carboxylic acids is 2. The minimum absolute atomic E-state index is 0.223. The van der Waals surface area contributed by atoms with Gasteiger partial charge in [0.15, 0.2) is 0 Å². The van der Waals surface area contributed by atoms with Gasteiger partial charge in [0, 0.05) is 6.42 Å². The van der Waals surface area contributed by atoms with Crippen molar-refractivity contribution in [3.63, 3.8) is 0 Å². The van der Waals surface area contributed by atoms with E-state index in [1.165, 1.54) is 12.1 Å². The van der Waals surface area contributed by atoms with Crippen molar-refractivity contribution in [1.82, 2.24) is 0 Å². The second kappa shape index (κ2) is 5.60. The lowest BCUT2D eigenvalue weighted by atomic mass is 9.65. The topological polar surface area (TPSA) is 88.9 Å². The van der Waals surface area contributed by atoms with Crippen LogP contribution in [0.5, 0.6) is 0 Å². The molecule has 4 heterocycles. The highest BCUT2D eigenvalue weighted by atomic mass is 19.4. The number of hydrogen-bond donors (Lipinski definition) is 0. The Morgan fingerprint density at radius 1 is 1.13 bits per heavy atom. The number of hydrogen-bond acceptors (Lipinski definition) is 6. The smallest absolute Gasteiger partial charge is 0.362 e. The quantitative estimate of drug-likeness (QED) is 0.646. The Morgan fingerprint density at radius 2 is 1.77 bits per heavy atom. The van der Waals surface area contributed by atoms with Gasteiger partial charge in [-0.1, -0.05) is 0 Å². The third kappa shape index (κ3) is 2.15. The Bertz CT molecular complexity index is 1030. The number of carbonyl (C=O) groups is 2. The van der Waals surface area contributed by atoms with Crippen LogP contribution in [-0.2, 0) is 30.0 Å². The summed E-state index contributed by atoms with van der Waals surface area (Å²) in [5.41, 5.74) is -4.30. The maximum absolute atomic E-state index is 13.4. The first-order valence-electron chi connectivity index (χ1n) is 9.45. The van der Waals surface area contributed by atoms with Gasteiger partial charge in [0.2, 0.25) is 17.6 Å². The highest BCUT2D eigenvalue weighted by Gasteiger charge is 2.82. The number of amides is 2. The average molecular weight is 422 g/mol. The standard InChI is InChI=1S/C20H17F3N2O5/c1-17-9-19(28-5-6-29-19)18(2,30-17)14-13(17)15(26)25(16(14)27)11-4-3-10(8-24)12(7-11)20(21,22)23/h3-4,7,13-14H,5-6,9H2,1-2H3/t13-,14+,17?,18?/m1/s1. The monoisotopic (exact) mass is 422 g/mol. The zero-order chi connectivity index (χ0) is 21.7. The lowest BCUT2D eigenvalue weighted by molar-refractivity contribution is -0.241. The second-order valence-electron chi connectivity index (χ2n) is 8.46. The van der Waals surface area contributed by atoms with Crippen molar-refractivity contribution in [3.8, 4) is 6.07 Å². The molecule has 10 heteroatoms. The molecule has 2 bridgehead atoms. The second-order valence-corrected chi connectivity index (χ2v) is 8.46. The molecule has 5 rings (SSSR count). The van der Waals surface area contributed by atoms with Gasteiger partial charge in [0.1, 0.15) is 5.60 Å². The lowest BCUT2D eigenvalue weighted by Crippen LogP contribution is -2.58. The van der Waals surface area contributed by atoms with E-state index in [0.717, 1.165) is 11.0 Å². The first kappa shape index (κ1) is 19.5. The Hall–Kier alpha value is -2.48. The van der Waals surface area contributed by atoms with Crippen LogP contribution in [0.1, 0.15) is 31.4 Å². The third-order valence-corrected chi connectivity index (χ3v) is 6.78. The number of ether oxygens (including phenoxy) is 3. The van der Waals surface area contributed by atoms with Gasteiger partial charge in [-0.15, -0.1) is 0 Å². The number of fused-ring (bicyclic) bond motifs is 6. The summed E-state index contributed by atoms with van der Waals surface area (Å²) >= 11 is 0. The lowest BCUT2D eigenvalue weighted by Gasteiger charge is -2.41. The largest absolute Gasteiger partial charge is 0.417 e. The summed E-state index contributed by atoms with van der Waals surface area (Å²) in [6.45, 7) is 4.00. The number of nitriles is 1. The molecule has 0 saturated carbocycles. The molecule has 0 aromatic heterocycles. The van der Waals surface area contributed by atoms with E-state index in [4.69, 9.17) is 19.5 Å². The zero-order valence-corrected chi connectivity index (χ0v) is 16.1. The number of alkyl halides is 3. The van der Waals surface area contributed by atoms with Gasteiger partial charge >= 0.3 is 6.18 Å². The first-order valence-corrected chi connectivity index (χ1v) is 9.45. The van der Waals surface area contributed by atoms with Crippen LogP contribution in [0.15, 0.2) is 18.2 Å². The minimum Gasteiger partial charge on any atom is -0.362 e. The fourth-order valence-electron chi connectivity index (χ4n) is 5.65. The maximum atomic E-state index is 13.4. The van der Waals surface area contributed by atoms with Gasteiger partial charge in [-0.2, -0.15) is 18.4 Å². The Morgan fingerprint density at radius 3 is 2.37 bits per heavy atom. The molecule has 1 spiro atoms. The van der Waals surface area contributed by atoms with Crippen molar-refractivity contribution in [1.29, 1.82) is 5.26 Å². The van der Waals surface area contributed by atoms with E-state index >= 15 is 0 Å². The summed E-state index contributed by atoms with van der Waals surface area (Å²) in [6, 6.07) is 4.30. The van der Waals surface area contributed by atoms with E-state index in [2.05, 4.69) is 0 Å². The van der Waals surface area contributed by atoms with Gasteiger partial charge in [-0.25, -0.2) is 4.90 Å². The number of benzene rings is 1. The predicted octanol–water partition coefficient (Wildman–Crippen LogP) is 2.38. The maximum Gasteiger partial charge on any atom is 0.417 e. The first-order chi connectivity index (χ1) is 14.0. The van der Waals surface area contributed by atoms with E-state index in [9.17, 15) is 22.8 Å². The molecule has 2 amide bonds. The van der Waals surface area contributed by atoms with E-state index in [1.54, 1.807) is 13.8 Å². The predicted molar refractivity (Wildman–Crippen MR) is 92.8 cm³/mol. The van der Waals surface area contributed by atoms with Crippen molar-refractivity contribution in [3.05, 3.63) is 29.3 Å². The SMILES string of the molecule is CC12CC3(OCCO3)C(C)(O1)[C@@H]1C(=O)N(c3ccc(C#N)c(C(F)(F)F)c3)C(=O)[C@@H]12. The van der Waals surface area contributed by atoms with Crippen LogP contribution >= 0.6 is 0 Å². The molecule has 1 aromatic rings. The normalized spacial score (nSPS) is 36.6. The van der Waals surface area contributed by atoms with E-state index in [1.807, 2.05) is 0 Å². The fourth-order valence-corrected chi connectivity index (χ4v) is 5.65. The molecule has 4 aliphatic heterocycles. The molecule has 7 nitrogen and oxygen atoms in total. The Kier molecular flexibility index (Phi) is 3.64. The molecule has 4 atom stereocenters. The molecule has 158 valence electrons. The van der Waals surface area contributed by atoms with Crippen LogP contribution in [0, 0.1) is 23.2 Å².